The maximum absolute atomic E-state index is 5.03. The first kappa shape index (κ1) is 20.7. The predicted molar refractivity (Wildman–Crippen MR) is 138 cm³/mol. The summed E-state index contributed by atoms with van der Waals surface area (Å²) in [5.41, 5.74) is 10.9. The second kappa shape index (κ2) is 9.53. The number of aryl methyl sites for hydroxylation is 1. The van der Waals surface area contributed by atoms with E-state index in [0.29, 0.717) is 0 Å². The molecule has 4 heteroatoms. The molecule has 162 valence electrons. The second-order valence-corrected chi connectivity index (χ2v) is 8.22. The van der Waals surface area contributed by atoms with Crippen LogP contribution in [-0.2, 0) is 0 Å². The molecule has 4 aromatic rings. The topological polar surface area (TPSA) is 40.0 Å². The minimum Gasteiger partial charge on any atom is -0.279 e. The van der Waals surface area contributed by atoms with Crippen molar-refractivity contribution < 1.29 is 0 Å². The fourth-order valence-corrected chi connectivity index (χ4v) is 4.01. The molecule has 1 heterocycles. The maximum Gasteiger partial charge on any atom is 0.0831 e. The molecule has 0 saturated carbocycles. The van der Waals surface area contributed by atoms with Gasteiger partial charge in [0.25, 0.3) is 0 Å². The lowest BCUT2D eigenvalue weighted by atomic mass is 9.98. The van der Waals surface area contributed by atoms with Gasteiger partial charge in [0, 0.05) is 6.42 Å². The van der Waals surface area contributed by atoms with E-state index in [0.717, 1.165) is 29.1 Å². The highest BCUT2D eigenvalue weighted by atomic mass is 15.5. The molecule has 5 rings (SSSR count). The van der Waals surface area contributed by atoms with Crippen LogP contribution in [0.3, 0.4) is 0 Å². The van der Waals surface area contributed by atoms with E-state index in [1.165, 1.54) is 16.7 Å². The summed E-state index contributed by atoms with van der Waals surface area (Å²) >= 11 is 0. The van der Waals surface area contributed by atoms with Crippen molar-refractivity contribution in [3.05, 3.63) is 131 Å². The molecule has 0 fully saturated rings. The molecule has 33 heavy (non-hydrogen) atoms. The molecule has 1 aliphatic heterocycles. The van der Waals surface area contributed by atoms with Crippen LogP contribution >= 0.6 is 0 Å². The van der Waals surface area contributed by atoms with Gasteiger partial charge in [0.05, 0.1) is 29.3 Å². The lowest BCUT2D eigenvalue weighted by Crippen LogP contribution is -2.18. The molecule has 0 aliphatic carbocycles. The first-order chi connectivity index (χ1) is 16.3. The van der Waals surface area contributed by atoms with Gasteiger partial charge in [-0.15, -0.1) is 0 Å². The van der Waals surface area contributed by atoms with Gasteiger partial charge in [-0.05, 0) is 47.9 Å². The van der Waals surface area contributed by atoms with E-state index in [1.54, 1.807) is 0 Å². The van der Waals surface area contributed by atoms with Crippen LogP contribution in [0.1, 0.15) is 34.7 Å². The summed E-state index contributed by atoms with van der Waals surface area (Å²) in [6.07, 6.45) is 2.71. The van der Waals surface area contributed by atoms with Crippen LogP contribution in [0.4, 0.5) is 11.4 Å². The minimum atomic E-state index is 0.170. The highest BCUT2D eigenvalue weighted by Gasteiger charge is 2.29. The van der Waals surface area contributed by atoms with Gasteiger partial charge >= 0.3 is 0 Å². The molecule has 4 nitrogen and oxygen atoms in total. The standard InChI is InChI=1S/C29H26N4/c1-22-12-16-26(17-13-22)31-30-21-23-14-18-27(19-15-23)33-29(25-10-6-3-7-11-25)20-28(32-33)24-8-4-2-5-9-24/h2-19,21,29,31H,20H2,1H3/b30-21+. The Morgan fingerprint density at radius 2 is 1.48 bits per heavy atom. The van der Waals surface area contributed by atoms with Gasteiger partial charge in [-0.1, -0.05) is 90.5 Å². The van der Waals surface area contributed by atoms with Gasteiger partial charge in [-0.3, -0.25) is 10.4 Å². The highest BCUT2D eigenvalue weighted by molar-refractivity contribution is 6.03. The van der Waals surface area contributed by atoms with Crippen molar-refractivity contribution in [1.82, 2.24) is 0 Å². The first-order valence-electron chi connectivity index (χ1n) is 11.2. The number of hydrogen-bond donors (Lipinski definition) is 1. The SMILES string of the molecule is Cc1ccc(N/N=C/c2ccc(N3N=C(c4ccccc4)CC3c3ccccc3)cc2)cc1. The maximum atomic E-state index is 5.03. The smallest absolute Gasteiger partial charge is 0.0831 e. The average Bonchev–Trinajstić information content (AvgIpc) is 3.32. The quantitative estimate of drug-likeness (QED) is 0.270. The Bertz CT molecular complexity index is 1240. The van der Waals surface area contributed by atoms with Gasteiger partial charge in [0.2, 0.25) is 0 Å². The van der Waals surface area contributed by atoms with E-state index < -0.39 is 0 Å². The van der Waals surface area contributed by atoms with Crippen LogP contribution in [-0.4, -0.2) is 11.9 Å². The van der Waals surface area contributed by atoms with Crippen LogP contribution in [0, 0.1) is 6.92 Å². The first-order valence-corrected chi connectivity index (χ1v) is 11.2. The van der Waals surface area contributed by atoms with Gasteiger partial charge in [-0.2, -0.15) is 10.2 Å². The van der Waals surface area contributed by atoms with Crippen molar-refractivity contribution in [2.45, 2.75) is 19.4 Å². The summed E-state index contributed by atoms with van der Waals surface area (Å²) in [6.45, 7) is 2.07. The fourth-order valence-electron chi connectivity index (χ4n) is 4.01. The Labute approximate surface area is 194 Å². The van der Waals surface area contributed by atoms with E-state index in [9.17, 15) is 0 Å². The highest BCUT2D eigenvalue weighted by Crippen LogP contribution is 2.36. The molecule has 4 aromatic carbocycles. The summed E-state index contributed by atoms with van der Waals surface area (Å²) < 4.78 is 0. The van der Waals surface area contributed by atoms with E-state index in [2.05, 4.69) is 113 Å². The Hall–Kier alpha value is -4.18. The third-order valence-corrected chi connectivity index (χ3v) is 5.82. The molecular formula is C29H26N4. The van der Waals surface area contributed by atoms with Crippen LogP contribution in [0.2, 0.25) is 0 Å². The van der Waals surface area contributed by atoms with Gasteiger partial charge in [0.1, 0.15) is 0 Å². The Morgan fingerprint density at radius 3 is 2.18 bits per heavy atom. The average molecular weight is 431 g/mol. The molecule has 0 bridgehead atoms. The monoisotopic (exact) mass is 430 g/mol. The number of hydrogen-bond acceptors (Lipinski definition) is 4. The van der Waals surface area contributed by atoms with Crippen LogP contribution in [0.25, 0.3) is 0 Å². The van der Waals surface area contributed by atoms with Gasteiger partial charge in [-0.25, -0.2) is 0 Å². The molecule has 0 aromatic heterocycles. The van der Waals surface area contributed by atoms with Gasteiger partial charge < -0.3 is 0 Å². The zero-order chi connectivity index (χ0) is 22.5. The zero-order valence-electron chi connectivity index (χ0n) is 18.6. The third kappa shape index (κ3) is 4.85. The Kier molecular flexibility index (Phi) is 5.98. The summed E-state index contributed by atoms with van der Waals surface area (Å²) in [7, 11) is 0. The van der Waals surface area contributed by atoms with E-state index in [4.69, 9.17) is 5.10 Å². The summed E-state index contributed by atoms with van der Waals surface area (Å²) in [4.78, 5) is 0. The van der Waals surface area contributed by atoms with E-state index in [1.807, 2.05) is 24.4 Å². The lowest BCUT2D eigenvalue weighted by molar-refractivity contribution is 0.709. The summed E-state index contributed by atoms with van der Waals surface area (Å²) in [5.74, 6) is 0. The number of nitrogens with one attached hydrogen (secondary N) is 1. The Balaban J connectivity index is 1.36. The second-order valence-electron chi connectivity index (χ2n) is 8.22. The van der Waals surface area contributed by atoms with Crippen molar-refractivity contribution in [1.29, 1.82) is 0 Å². The minimum absolute atomic E-state index is 0.170. The van der Waals surface area contributed by atoms with Crippen molar-refractivity contribution in [3.63, 3.8) is 0 Å². The van der Waals surface area contributed by atoms with Gasteiger partial charge in [0.15, 0.2) is 0 Å². The largest absolute Gasteiger partial charge is 0.279 e. The van der Waals surface area contributed by atoms with Crippen molar-refractivity contribution in [3.8, 4) is 0 Å². The number of anilines is 2. The number of hydrazone groups is 2. The van der Waals surface area contributed by atoms with Crippen molar-refractivity contribution in [2.75, 3.05) is 10.4 Å². The van der Waals surface area contributed by atoms with Crippen LogP contribution < -0.4 is 10.4 Å². The molecule has 0 radical (unpaired) electrons. The zero-order valence-corrected chi connectivity index (χ0v) is 18.6. The molecule has 0 saturated heterocycles. The number of nitrogens with zero attached hydrogens (tertiary/aromatic N) is 3. The molecule has 1 atom stereocenters. The normalized spacial score (nSPS) is 15.6. The lowest BCUT2D eigenvalue weighted by Gasteiger charge is -2.24. The van der Waals surface area contributed by atoms with E-state index in [-0.39, 0.29) is 6.04 Å². The number of benzene rings is 4. The fraction of sp³-hybridized carbons (Fsp3) is 0.103. The molecule has 1 aliphatic rings. The summed E-state index contributed by atoms with van der Waals surface area (Å²) in [6, 6.07) is 37.8. The van der Waals surface area contributed by atoms with Crippen LogP contribution in [0.15, 0.2) is 119 Å². The van der Waals surface area contributed by atoms with E-state index >= 15 is 0 Å². The molecule has 0 spiro atoms. The predicted octanol–water partition coefficient (Wildman–Crippen LogP) is 6.80. The molecular weight excluding hydrogens is 404 g/mol. The summed E-state index contributed by atoms with van der Waals surface area (Å²) in [5, 5.41) is 11.5. The van der Waals surface area contributed by atoms with Crippen molar-refractivity contribution >= 4 is 23.3 Å². The Morgan fingerprint density at radius 1 is 0.818 bits per heavy atom. The number of rotatable bonds is 6. The molecule has 0 amide bonds. The molecule has 1 N–H and O–H groups in total. The van der Waals surface area contributed by atoms with Crippen molar-refractivity contribution in [2.24, 2.45) is 10.2 Å². The molecule has 1 unspecified atom stereocenters. The van der Waals surface area contributed by atoms with Crippen LogP contribution in [0.5, 0.6) is 0 Å². The third-order valence-electron chi connectivity index (χ3n) is 5.82.